The second kappa shape index (κ2) is 9.28. The molecule has 1 saturated heterocycles. The first-order chi connectivity index (χ1) is 14.0. The van der Waals surface area contributed by atoms with Crippen LogP contribution >= 0.6 is 0 Å². The maximum Gasteiger partial charge on any atom is 0.290 e. The van der Waals surface area contributed by atoms with Gasteiger partial charge < -0.3 is 29.1 Å². The van der Waals surface area contributed by atoms with Crippen molar-refractivity contribution in [1.82, 2.24) is 4.90 Å². The van der Waals surface area contributed by atoms with Gasteiger partial charge in [0.1, 0.15) is 24.6 Å². The summed E-state index contributed by atoms with van der Waals surface area (Å²) in [5, 5.41) is 10.4. The molecule has 158 valence electrons. The lowest BCUT2D eigenvalue weighted by atomic mass is 9.95. The summed E-state index contributed by atoms with van der Waals surface area (Å²) in [4.78, 5) is 28.1. The van der Waals surface area contributed by atoms with Crippen molar-refractivity contribution in [3.05, 3.63) is 35.1 Å². The number of amides is 1. The lowest BCUT2D eigenvalue weighted by Gasteiger charge is -2.29. The fraction of sp³-hybridized carbons (Fsp3) is 0.524. The van der Waals surface area contributed by atoms with E-state index < -0.39 is 17.7 Å². The third-order valence-electron chi connectivity index (χ3n) is 5.54. The standard InChI is InChI=1S/C21H28N2O6/c1-14(24)18-19(16-13-15(27-2)5-6-17(16)28-3)23(21(26)20(18)25)8-4-7-22-9-11-29-12-10-22/h5-6,13,19,25H,4,7-12H2,1-3H3/p+1/t19-/m0/s1. The normalized spacial score (nSPS) is 20.3. The van der Waals surface area contributed by atoms with E-state index >= 15 is 0 Å². The number of aliphatic hydroxyl groups is 1. The average molecular weight is 405 g/mol. The number of Topliss-reactive ketones (excluding diaryl/α,β-unsaturated/α-hetero) is 1. The topological polar surface area (TPSA) is 89.7 Å². The second-order valence-electron chi connectivity index (χ2n) is 7.29. The first-order valence-corrected chi connectivity index (χ1v) is 9.86. The number of hydrogen-bond donors (Lipinski definition) is 2. The highest BCUT2D eigenvalue weighted by molar-refractivity contribution is 6.08. The summed E-state index contributed by atoms with van der Waals surface area (Å²) in [5.41, 5.74) is 0.716. The summed E-state index contributed by atoms with van der Waals surface area (Å²) in [6.07, 6.45) is 0.752. The molecule has 0 unspecified atom stereocenters. The van der Waals surface area contributed by atoms with Crippen molar-refractivity contribution in [2.24, 2.45) is 0 Å². The van der Waals surface area contributed by atoms with Crippen LogP contribution in [0.15, 0.2) is 29.5 Å². The van der Waals surface area contributed by atoms with Crippen LogP contribution in [0.4, 0.5) is 0 Å². The highest BCUT2D eigenvalue weighted by Crippen LogP contribution is 2.42. The average Bonchev–Trinajstić information content (AvgIpc) is 2.99. The maximum absolute atomic E-state index is 12.8. The van der Waals surface area contributed by atoms with E-state index in [0.29, 0.717) is 23.6 Å². The third-order valence-corrected chi connectivity index (χ3v) is 5.54. The van der Waals surface area contributed by atoms with Crippen LogP contribution in [0.3, 0.4) is 0 Å². The van der Waals surface area contributed by atoms with Gasteiger partial charge in [0.05, 0.1) is 45.6 Å². The van der Waals surface area contributed by atoms with E-state index in [4.69, 9.17) is 14.2 Å². The molecule has 2 aliphatic heterocycles. The third kappa shape index (κ3) is 4.38. The fourth-order valence-electron chi connectivity index (χ4n) is 4.03. The van der Waals surface area contributed by atoms with Crippen LogP contribution < -0.4 is 14.4 Å². The summed E-state index contributed by atoms with van der Waals surface area (Å²) in [6.45, 7) is 6.07. The molecule has 1 aromatic rings. The SMILES string of the molecule is COc1ccc(OC)c([C@H]2C(C(C)=O)=C(O)C(=O)N2CCC[NH+]2CCOCC2)c1. The molecule has 3 rings (SSSR count). The van der Waals surface area contributed by atoms with Gasteiger partial charge in [0.2, 0.25) is 0 Å². The van der Waals surface area contributed by atoms with Gasteiger partial charge >= 0.3 is 0 Å². The highest BCUT2D eigenvalue weighted by atomic mass is 16.5. The van der Waals surface area contributed by atoms with Crippen molar-refractivity contribution < 1.29 is 33.8 Å². The Morgan fingerprint density at radius 2 is 2.00 bits per heavy atom. The van der Waals surface area contributed by atoms with Gasteiger partial charge in [0.25, 0.3) is 5.91 Å². The fourth-order valence-corrected chi connectivity index (χ4v) is 4.03. The molecule has 1 atom stereocenters. The Hall–Kier alpha value is -2.58. The lowest BCUT2D eigenvalue weighted by molar-refractivity contribution is -0.908. The number of aliphatic hydroxyl groups excluding tert-OH is 1. The van der Waals surface area contributed by atoms with Crippen LogP contribution in [0.25, 0.3) is 0 Å². The Morgan fingerprint density at radius 1 is 1.28 bits per heavy atom. The Labute approximate surface area is 170 Å². The number of carbonyl (C=O) groups is 2. The molecule has 0 saturated carbocycles. The van der Waals surface area contributed by atoms with Gasteiger partial charge in [-0.15, -0.1) is 0 Å². The van der Waals surface area contributed by atoms with Crippen LogP contribution in [0.2, 0.25) is 0 Å². The number of methoxy groups -OCH3 is 2. The zero-order valence-electron chi connectivity index (χ0n) is 17.2. The monoisotopic (exact) mass is 405 g/mol. The molecular formula is C21H29N2O6+. The molecule has 2 aliphatic rings. The summed E-state index contributed by atoms with van der Waals surface area (Å²) in [5.74, 6) is -0.235. The van der Waals surface area contributed by atoms with E-state index in [0.717, 1.165) is 39.3 Å². The molecule has 8 nitrogen and oxygen atoms in total. The number of rotatable bonds is 8. The first-order valence-electron chi connectivity index (χ1n) is 9.86. The van der Waals surface area contributed by atoms with Crippen LogP contribution in [-0.2, 0) is 14.3 Å². The number of benzene rings is 1. The minimum absolute atomic E-state index is 0.0975. The number of hydrogen-bond acceptors (Lipinski definition) is 6. The number of morpholine rings is 1. The van der Waals surface area contributed by atoms with E-state index in [-0.39, 0.29) is 11.4 Å². The van der Waals surface area contributed by atoms with Gasteiger partial charge in [-0.05, 0) is 25.1 Å². The molecule has 0 aromatic heterocycles. The zero-order valence-corrected chi connectivity index (χ0v) is 17.2. The van der Waals surface area contributed by atoms with E-state index in [1.807, 2.05) is 0 Å². The van der Waals surface area contributed by atoms with Crippen molar-refractivity contribution in [1.29, 1.82) is 0 Å². The molecule has 0 bridgehead atoms. The van der Waals surface area contributed by atoms with Crippen LogP contribution in [-0.4, -0.2) is 75.3 Å². The Balaban J connectivity index is 1.88. The Morgan fingerprint density at radius 3 is 2.62 bits per heavy atom. The molecule has 2 N–H and O–H groups in total. The van der Waals surface area contributed by atoms with Crippen molar-refractivity contribution in [2.45, 2.75) is 19.4 Å². The van der Waals surface area contributed by atoms with Crippen molar-refractivity contribution in [3.8, 4) is 11.5 Å². The second-order valence-corrected chi connectivity index (χ2v) is 7.29. The molecular weight excluding hydrogens is 376 g/mol. The highest BCUT2D eigenvalue weighted by Gasteiger charge is 2.43. The molecule has 0 spiro atoms. The number of carbonyl (C=O) groups excluding carboxylic acids is 2. The summed E-state index contributed by atoms with van der Waals surface area (Å²) >= 11 is 0. The van der Waals surface area contributed by atoms with Gasteiger partial charge in [-0.3, -0.25) is 9.59 Å². The minimum Gasteiger partial charge on any atom is -0.503 e. The molecule has 8 heteroatoms. The maximum atomic E-state index is 12.8. The van der Waals surface area contributed by atoms with Crippen molar-refractivity contribution in [3.63, 3.8) is 0 Å². The number of ketones is 1. The van der Waals surface area contributed by atoms with Crippen LogP contribution in [0, 0.1) is 0 Å². The number of nitrogens with zero attached hydrogens (tertiary/aromatic N) is 1. The molecule has 1 amide bonds. The molecule has 2 heterocycles. The van der Waals surface area contributed by atoms with Gasteiger partial charge in [0.15, 0.2) is 11.5 Å². The van der Waals surface area contributed by atoms with Gasteiger partial charge in [-0.1, -0.05) is 0 Å². The number of quaternary nitrogens is 1. The Bertz CT molecular complexity index is 800. The molecule has 29 heavy (non-hydrogen) atoms. The molecule has 1 fully saturated rings. The quantitative estimate of drug-likeness (QED) is 0.646. The van der Waals surface area contributed by atoms with Crippen molar-refractivity contribution >= 4 is 11.7 Å². The van der Waals surface area contributed by atoms with Gasteiger partial charge in [0, 0.05) is 18.5 Å². The number of ether oxygens (including phenoxy) is 3. The largest absolute Gasteiger partial charge is 0.503 e. The first kappa shape index (κ1) is 21.1. The predicted molar refractivity (Wildman–Crippen MR) is 105 cm³/mol. The Kier molecular flexibility index (Phi) is 6.76. The van der Waals surface area contributed by atoms with Crippen molar-refractivity contribution in [2.75, 3.05) is 53.6 Å². The summed E-state index contributed by atoms with van der Waals surface area (Å²) in [6, 6.07) is 4.53. The summed E-state index contributed by atoms with van der Waals surface area (Å²) in [7, 11) is 3.08. The molecule has 0 aliphatic carbocycles. The van der Waals surface area contributed by atoms with E-state index in [9.17, 15) is 14.7 Å². The lowest BCUT2D eigenvalue weighted by Crippen LogP contribution is -3.14. The van der Waals surface area contributed by atoms with Gasteiger partial charge in [-0.2, -0.15) is 0 Å². The van der Waals surface area contributed by atoms with E-state index in [1.165, 1.54) is 18.9 Å². The minimum atomic E-state index is -0.704. The van der Waals surface area contributed by atoms with E-state index in [2.05, 4.69) is 0 Å². The predicted octanol–water partition coefficient (Wildman–Crippen LogP) is 0.293. The van der Waals surface area contributed by atoms with Crippen LogP contribution in [0.5, 0.6) is 11.5 Å². The summed E-state index contributed by atoms with van der Waals surface area (Å²) < 4.78 is 16.2. The molecule has 0 radical (unpaired) electrons. The molecule has 1 aromatic carbocycles. The van der Waals surface area contributed by atoms with Crippen LogP contribution in [0.1, 0.15) is 24.9 Å². The zero-order chi connectivity index (χ0) is 21.0. The van der Waals surface area contributed by atoms with Gasteiger partial charge in [-0.25, -0.2) is 0 Å². The van der Waals surface area contributed by atoms with E-state index in [1.54, 1.807) is 30.2 Å². The number of nitrogens with one attached hydrogen (secondary N) is 1. The smallest absolute Gasteiger partial charge is 0.290 e.